The number of aromatic nitrogens is 2. The third-order valence-electron chi connectivity index (χ3n) is 5.24. The first-order chi connectivity index (χ1) is 13.6. The zero-order valence-electron chi connectivity index (χ0n) is 15.4. The Kier molecular flexibility index (Phi) is 5.19. The van der Waals surface area contributed by atoms with Crippen LogP contribution in [0.15, 0.2) is 60.9 Å². The van der Waals surface area contributed by atoms with Crippen molar-refractivity contribution in [2.75, 3.05) is 13.1 Å². The number of hydrogen-bond donors (Lipinski definition) is 0. The van der Waals surface area contributed by atoms with Gasteiger partial charge in [-0.2, -0.15) is 5.10 Å². The van der Waals surface area contributed by atoms with Crippen molar-refractivity contribution in [3.8, 4) is 5.69 Å². The number of halogens is 2. The Labute approximate surface area is 162 Å². The molecule has 6 heteroatoms. The van der Waals surface area contributed by atoms with Gasteiger partial charge in [-0.3, -0.25) is 4.79 Å². The maximum atomic E-state index is 13.4. The molecule has 1 fully saturated rings. The predicted octanol–water partition coefficient (Wildman–Crippen LogP) is 4.10. The van der Waals surface area contributed by atoms with Crippen LogP contribution >= 0.6 is 0 Å². The van der Waals surface area contributed by atoms with Gasteiger partial charge in [-0.1, -0.05) is 18.2 Å². The zero-order valence-corrected chi connectivity index (χ0v) is 15.4. The Morgan fingerprint density at radius 1 is 1.04 bits per heavy atom. The lowest BCUT2D eigenvalue weighted by Crippen LogP contribution is -2.38. The largest absolute Gasteiger partial charge is 0.342 e. The van der Waals surface area contributed by atoms with E-state index in [4.69, 9.17) is 0 Å². The highest BCUT2D eigenvalue weighted by atomic mass is 19.1. The summed E-state index contributed by atoms with van der Waals surface area (Å²) in [5.41, 5.74) is 2.49. The molecule has 0 N–H and O–H groups in total. The Hall–Kier alpha value is -3.02. The second-order valence-electron chi connectivity index (χ2n) is 7.16. The second kappa shape index (κ2) is 7.92. The van der Waals surface area contributed by atoms with Gasteiger partial charge in [0, 0.05) is 19.3 Å². The number of amides is 1. The standard InChI is InChI=1S/C22H21F2N3O/c23-19-4-1-3-16(11-19)12-22(28)26-9-7-17(8-10-26)18-14-25-27(15-18)21-6-2-5-20(24)13-21/h1-6,11,13-15,17H,7-10,12H2. The van der Waals surface area contributed by atoms with Crippen LogP contribution in [0.4, 0.5) is 8.78 Å². The molecule has 0 spiro atoms. The van der Waals surface area contributed by atoms with Gasteiger partial charge < -0.3 is 4.90 Å². The molecule has 1 saturated heterocycles. The fourth-order valence-corrected chi connectivity index (χ4v) is 3.70. The van der Waals surface area contributed by atoms with E-state index in [9.17, 15) is 13.6 Å². The molecule has 4 rings (SSSR count). The normalized spacial score (nSPS) is 15.0. The van der Waals surface area contributed by atoms with E-state index in [1.807, 2.05) is 23.4 Å². The molecule has 28 heavy (non-hydrogen) atoms. The first-order valence-electron chi connectivity index (χ1n) is 9.41. The van der Waals surface area contributed by atoms with Gasteiger partial charge in [0.05, 0.1) is 18.3 Å². The number of carbonyl (C=O) groups is 1. The van der Waals surface area contributed by atoms with Crippen molar-refractivity contribution in [1.29, 1.82) is 0 Å². The van der Waals surface area contributed by atoms with Crippen LogP contribution in [-0.2, 0) is 11.2 Å². The van der Waals surface area contributed by atoms with Crippen molar-refractivity contribution in [3.05, 3.63) is 83.7 Å². The quantitative estimate of drug-likeness (QED) is 0.682. The fourth-order valence-electron chi connectivity index (χ4n) is 3.70. The molecule has 0 bridgehead atoms. The smallest absolute Gasteiger partial charge is 0.226 e. The average Bonchev–Trinajstić information content (AvgIpc) is 3.18. The minimum absolute atomic E-state index is 0.0273. The van der Waals surface area contributed by atoms with Crippen molar-refractivity contribution < 1.29 is 13.6 Å². The van der Waals surface area contributed by atoms with Crippen LogP contribution < -0.4 is 0 Å². The number of likely N-dealkylation sites (tertiary alicyclic amines) is 1. The van der Waals surface area contributed by atoms with Crippen LogP contribution in [0.3, 0.4) is 0 Å². The highest BCUT2D eigenvalue weighted by Crippen LogP contribution is 2.28. The van der Waals surface area contributed by atoms with Gasteiger partial charge in [0.15, 0.2) is 0 Å². The molecule has 2 heterocycles. The van der Waals surface area contributed by atoms with Crippen LogP contribution in [0.1, 0.15) is 29.9 Å². The molecule has 1 aliphatic heterocycles. The fraction of sp³-hybridized carbons (Fsp3) is 0.273. The van der Waals surface area contributed by atoms with Crippen molar-refractivity contribution in [2.24, 2.45) is 0 Å². The molecule has 2 aromatic carbocycles. The first kappa shape index (κ1) is 18.3. The van der Waals surface area contributed by atoms with Gasteiger partial charge in [-0.15, -0.1) is 0 Å². The predicted molar refractivity (Wildman–Crippen MR) is 102 cm³/mol. The number of nitrogens with zero attached hydrogens (tertiary/aromatic N) is 3. The van der Waals surface area contributed by atoms with E-state index >= 15 is 0 Å². The van der Waals surface area contributed by atoms with E-state index in [2.05, 4.69) is 5.10 Å². The number of benzene rings is 2. The Bertz CT molecular complexity index is 977. The lowest BCUT2D eigenvalue weighted by Gasteiger charge is -2.31. The number of rotatable bonds is 4. The van der Waals surface area contributed by atoms with Crippen LogP contribution in [-0.4, -0.2) is 33.7 Å². The third kappa shape index (κ3) is 4.11. The monoisotopic (exact) mass is 381 g/mol. The highest BCUT2D eigenvalue weighted by Gasteiger charge is 2.24. The average molecular weight is 381 g/mol. The van der Waals surface area contributed by atoms with Gasteiger partial charge in [-0.25, -0.2) is 13.5 Å². The van der Waals surface area contributed by atoms with E-state index in [1.54, 1.807) is 22.9 Å². The van der Waals surface area contributed by atoms with E-state index < -0.39 is 0 Å². The van der Waals surface area contributed by atoms with Gasteiger partial charge in [-0.05, 0) is 60.2 Å². The molecule has 0 aliphatic carbocycles. The molecular formula is C22H21F2N3O. The van der Waals surface area contributed by atoms with Crippen molar-refractivity contribution >= 4 is 5.91 Å². The van der Waals surface area contributed by atoms with E-state index in [0.717, 1.165) is 18.4 Å². The van der Waals surface area contributed by atoms with Crippen LogP contribution in [0.2, 0.25) is 0 Å². The van der Waals surface area contributed by atoms with Gasteiger partial charge in [0.25, 0.3) is 0 Å². The third-order valence-corrected chi connectivity index (χ3v) is 5.24. The summed E-state index contributed by atoms with van der Waals surface area (Å²) >= 11 is 0. The molecule has 1 aromatic heterocycles. The summed E-state index contributed by atoms with van der Waals surface area (Å²) in [4.78, 5) is 14.3. The molecule has 0 atom stereocenters. The van der Waals surface area contributed by atoms with Gasteiger partial charge in [0.2, 0.25) is 5.91 Å². The lowest BCUT2D eigenvalue weighted by molar-refractivity contribution is -0.131. The van der Waals surface area contributed by atoms with Crippen LogP contribution in [0.5, 0.6) is 0 Å². The van der Waals surface area contributed by atoms with Crippen molar-refractivity contribution in [2.45, 2.75) is 25.2 Å². The molecule has 4 nitrogen and oxygen atoms in total. The Morgan fingerprint density at radius 3 is 2.46 bits per heavy atom. The summed E-state index contributed by atoms with van der Waals surface area (Å²) in [5.74, 6) is -0.265. The molecular weight excluding hydrogens is 360 g/mol. The second-order valence-corrected chi connectivity index (χ2v) is 7.16. The molecule has 0 unspecified atom stereocenters. The summed E-state index contributed by atoms with van der Waals surface area (Å²) in [7, 11) is 0. The molecule has 1 aliphatic rings. The van der Waals surface area contributed by atoms with Crippen LogP contribution in [0.25, 0.3) is 5.69 Å². The Morgan fingerprint density at radius 2 is 1.75 bits per heavy atom. The SMILES string of the molecule is O=C(Cc1cccc(F)c1)N1CCC(c2cnn(-c3cccc(F)c3)c2)CC1. The summed E-state index contributed by atoms with van der Waals surface area (Å²) < 4.78 is 28.4. The maximum Gasteiger partial charge on any atom is 0.226 e. The summed E-state index contributed by atoms with van der Waals surface area (Å²) in [5, 5.41) is 4.35. The van der Waals surface area contributed by atoms with Gasteiger partial charge >= 0.3 is 0 Å². The molecule has 0 saturated carbocycles. The van der Waals surface area contributed by atoms with Crippen molar-refractivity contribution in [1.82, 2.24) is 14.7 Å². The van der Waals surface area contributed by atoms with E-state index in [1.165, 1.54) is 24.3 Å². The molecule has 144 valence electrons. The Balaban J connectivity index is 1.36. The van der Waals surface area contributed by atoms with E-state index in [-0.39, 0.29) is 24.0 Å². The summed E-state index contributed by atoms with van der Waals surface area (Å²) in [6.07, 6.45) is 5.68. The molecule has 0 radical (unpaired) electrons. The topological polar surface area (TPSA) is 38.1 Å². The molecule has 1 amide bonds. The summed E-state index contributed by atoms with van der Waals surface area (Å²) in [6.45, 7) is 1.34. The van der Waals surface area contributed by atoms with Crippen molar-refractivity contribution in [3.63, 3.8) is 0 Å². The number of piperidine rings is 1. The minimum Gasteiger partial charge on any atom is -0.342 e. The molecule has 3 aromatic rings. The van der Waals surface area contributed by atoms with E-state index in [0.29, 0.717) is 30.3 Å². The number of hydrogen-bond acceptors (Lipinski definition) is 2. The van der Waals surface area contributed by atoms with Gasteiger partial charge in [0.1, 0.15) is 11.6 Å². The zero-order chi connectivity index (χ0) is 19.5. The summed E-state index contributed by atoms with van der Waals surface area (Å²) in [6, 6.07) is 12.5. The van der Waals surface area contributed by atoms with Crippen LogP contribution in [0, 0.1) is 11.6 Å². The maximum absolute atomic E-state index is 13.4. The highest BCUT2D eigenvalue weighted by molar-refractivity contribution is 5.78. The lowest BCUT2D eigenvalue weighted by atomic mass is 9.91. The number of carbonyl (C=O) groups excluding carboxylic acids is 1. The first-order valence-corrected chi connectivity index (χ1v) is 9.41. The minimum atomic E-state index is -0.320.